The van der Waals surface area contributed by atoms with Crippen LogP contribution in [0.25, 0.3) is 0 Å². The van der Waals surface area contributed by atoms with Gasteiger partial charge >= 0.3 is 0 Å². The topological polar surface area (TPSA) is 17.1 Å². The monoisotopic (exact) mass is 176 g/mol. The molecule has 0 atom stereocenters. The molecule has 0 radical (unpaired) electrons. The van der Waals surface area contributed by atoms with Crippen molar-refractivity contribution in [2.75, 3.05) is 0 Å². The molecule has 70 valence electrons. The molecule has 0 N–H and O–H groups in total. The molecule has 0 aromatic heterocycles. The molecule has 0 heterocycles. The van der Waals surface area contributed by atoms with E-state index in [1.807, 2.05) is 0 Å². The Hall–Kier alpha value is -1.03. The van der Waals surface area contributed by atoms with Crippen molar-refractivity contribution in [3.8, 4) is 12.3 Å². The van der Waals surface area contributed by atoms with Gasteiger partial charge in [0.15, 0.2) is 0 Å². The molecular weight excluding hydrogens is 160 g/mol. The van der Waals surface area contributed by atoms with E-state index < -0.39 is 0 Å². The lowest BCUT2D eigenvalue weighted by molar-refractivity contribution is -0.118. The number of carbonyl (C=O) groups excluding carboxylic acids is 1. The third-order valence-electron chi connectivity index (χ3n) is 2.36. The van der Waals surface area contributed by atoms with E-state index in [1.165, 1.54) is 18.4 Å². The van der Waals surface area contributed by atoms with Crippen LogP contribution < -0.4 is 0 Å². The molecule has 0 fully saturated rings. The van der Waals surface area contributed by atoms with Gasteiger partial charge in [-0.15, -0.1) is 12.3 Å². The van der Waals surface area contributed by atoms with Crippen LogP contribution in [0.2, 0.25) is 0 Å². The highest BCUT2D eigenvalue weighted by molar-refractivity contribution is 5.81. The molecule has 0 aliphatic heterocycles. The van der Waals surface area contributed by atoms with Gasteiger partial charge in [-0.25, -0.2) is 0 Å². The third kappa shape index (κ3) is 3.94. The fraction of sp³-hybridized carbons (Fsp3) is 0.583. The summed E-state index contributed by atoms with van der Waals surface area (Å²) in [6.07, 6.45) is 13.9. The number of Topliss-reactive ketones (excluding diaryl/α,β-unsaturated/α-hetero) is 1. The van der Waals surface area contributed by atoms with E-state index >= 15 is 0 Å². The second kappa shape index (κ2) is 5.59. The molecule has 0 bridgehead atoms. The molecule has 1 heteroatoms. The molecule has 0 aromatic rings. The maximum absolute atomic E-state index is 11.3. The van der Waals surface area contributed by atoms with Crippen LogP contribution >= 0.6 is 0 Å². The van der Waals surface area contributed by atoms with Crippen molar-refractivity contribution < 1.29 is 4.79 Å². The number of rotatable bonds is 4. The molecule has 0 amide bonds. The van der Waals surface area contributed by atoms with E-state index in [4.69, 9.17) is 6.42 Å². The minimum atomic E-state index is 0.297. The summed E-state index contributed by atoms with van der Waals surface area (Å²) in [6, 6.07) is 0. The normalized spacial score (nSPS) is 16.1. The SMILES string of the molecule is C#CCCC(=O)CC1=CCCCC1. The predicted molar refractivity (Wildman–Crippen MR) is 54.2 cm³/mol. The highest BCUT2D eigenvalue weighted by Crippen LogP contribution is 2.20. The molecule has 1 aliphatic carbocycles. The van der Waals surface area contributed by atoms with E-state index in [0.29, 0.717) is 25.0 Å². The minimum absolute atomic E-state index is 0.297. The van der Waals surface area contributed by atoms with Crippen LogP contribution in [-0.4, -0.2) is 5.78 Å². The van der Waals surface area contributed by atoms with Gasteiger partial charge in [-0.2, -0.15) is 0 Å². The lowest BCUT2D eigenvalue weighted by Crippen LogP contribution is -2.01. The first-order valence-corrected chi connectivity index (χ1v) is 4.96. The van der Waals surface area contributed by atoms with Crippen LogP contribution in [0.15, 0.2) is 11.6 Å². The highest BCUT2D eigenvalue weighted by Gasteiger charge is 2.08. The average molecular weight is 176 g/mol. The Balaban J connectivity index is 2.27. The molecular formula is C12H16O. The van der Waals surface area contributed by atoms with Crippen molar-refractivity contribution in [1.82, 2.24) is 0 Å². The van der Waals surface area contributed by atoms with Crippen LogP contribution in [0, 0.1) is 12.3 Å². The average Bonchev–Trinajstić information content (AvgIpc) is 2.16. The van der Waals surface area contributed by atoms with Gasteiger partial charge in [-0.05, 0) is 25.7 Å². The van der Waals surface area contributed by atoms with Gasteiger partial charge in [-0.1, -0.05) is 11.6 Å². The second-order valence-electron chi connectivity index (χ2n) is 3.53. The van der Waals surface area contributed by atoms with Crippen molar-refractivity contribution in [2.45, 2.75) is 44.9 Å². The van der Waals surface area contributed by atoms with Gasteiger partial charge in [0, 0.05) is 19.3 Å². The number of terminal acetylenes is 1. The molecule has 0 spiro atoms. The lowest BCUT2D eigenvalue weighted by atomic mass is 9.95. The molecule has 0 aromatic carbocycles. The van der Waals surface area contributed by atoms with Crippen LogP contribution in [0.5, 0.6) is 0 Å². The van der Waals surface area contributed by atoms with Crippen LogP contribution in [0.1, 0.15) is 44.9 Å². The second-order valence-corrected chi connectivity index (χ2v) is 3.53. The quantitative estimate of drug-likeness (QED) is 0.475. The molecule has 0 unspecified atom stereocenters. The zero-order chi connectivity index (χ0) is 9.52. The summed E-state index contributed by atoms with van der Waals surface area (Å²) in [5.74, 6) is 2.79. The van der Waals surface area contributed by atoms with E-state index in [1.54, 1.807) is 0 Å². The maximum Gasteiger partial charge on any atom is 0.137 e. The Morgan fingerprint density at radius 1 is 1.54 bits per heavy atom. The summed E-state index contributed by atoms with van der Waals surface area (Å²) in [7, 11) is 0. The van der Waals surface area contributed by atoms with E-state index in [0.717, 1.165) is 12.8 Å². The van der Waals surface area contributed by atoms with Crippen molar-refractivity contribution in [3.05, 3.63) is 11.6 Å². The number of carbonyl (C=O) groups is 1. The summed E-state index contributed by atoms with van der Waals surface area (Å²) in [5, 5.41) is 0. The van der Waals surface area contributed by atoms with E-state index in [9.17, 15) is 4.79 Å². The van der Waals surface area contributed by atoms with Gasteiger partial charge in [-0.3, -0.25) is 4.79 Å². The van der Waals surface area contributed by atoms with Gasteiger partial charge in [0.25, 0.3) is 0 Å². The predicted octanol–water partition coefficient (Wildman–Crippen LogP) is 2.86. The zero-order valence-corrected chi connectivity index (χ0v) is 8.01. The molecule has 1 rings (SSSR count). The number of allylic oxidation sites excluding steroid dienone is 2. The summed E-state index contributed by atoms with van der Waals surface area (Å²) >= 11 is 0. The van der Waals surface area contributed by atoms with Crippen molar-refractivity contribution >= 4 is 5.78 Å². The van der Waals surface area contributed by atoms with Gasteiger partial charge < -0.3 is 0 Å². The third-order valence-corrected chi connectivity index (χ3v) is 2.36. The first-order chi connectivity index (χ1) is 6.33. The number of hydrogen-bond donors (Lipinski definition) is 0. The zero-order valence-electron chi connectivity index (χ0n) is 8.01. The smallest absolute Gasteiger partial charge is 0.137 e. The molecule has 1 nitrogen and oxygen atoms in total. The largest absolute Gasteiger partial charge is 0.299 e. The van der Waals surface area contributed by atoms with Crippen molar-refractivity contribution in [1.29, 1.82) is 0 Å². The molecule has 13 heavy (non-hydrogen) atoms. The van der Waals surface area contributed by atoms with Crippen LogP contribution in [0.4, 0.5) is 0 Å². The summed E-state index contributed by atoms with van der Waals surface area (Å²) < 4.78 is 0. The highest BCUT2D eigenvalue weighted by atomic mass is 16.1. The Labute approximate surface area is 80.2 Å². The standard InChI is InChI=1S/C12H16O/c1-2-3-9-12(13)10-11-7-5-4-6-8-11/h1,7H,3-6,8-10H2. The summed E-state index contributed by atoms with van der Waals surface area (Å²) in [5.41, 5.74) is 1.33. The van der Waals surface area contributed by atoms with Crippen molar-refractivity contribution in [3.63, 3.8) is 0 Å². The maximum atomic E-state index is 11.3. The summed E-state index contributed by atoms with van der Waals surface area (Å²) in [4.78, 5) is 11.3. The summed E-state index contributed by atoms with van der Waals surface area (Å²) in [6.45, 7) is 0. The van der Waals surface area contributed by atoms with Crippen LogP contribution in [-0.2, 0) is 4.79 Å². The Morgan fingerprint density at radius 3 is 3.00 bits per heavy atom. The first kappa shape index (κ1) is 10.1. The fourth-order valence-electron chi connectivity index (χ4n) is 1.62. The van der Waals surface area contributed by atoms with E-state index in [-0.39, 0.29) is 0 Å². The molecule has 1 aliphatic rings. The van der Waals surface area contributed by atoms with Gasteiger partial charge in [0.2, 0.25) is 0 Å². The van der Waals surface area contributed by atoms with Crippen LogP contribution in [0.3, 0.4) is 0 Å². The minimum Gasteiger partial charge on any atom is -0.299 e. The lowest BCUT2D eigenvalue weighted by Gasteiger charge is -2.11. The first-order valence-electron chi connectivity index (χ1n) is 4.96. The molecule has 0 saturated carbocycles. The Kier molecular flexibility index (Phi) is 4.32. The number of ketones is 1. The van der Waals surface area contributed by atoms with E-state index in [2.05, 4.69) is 12.0 Å². The number of hydrogen-bond acceptors (Lipinski definition) is 1. The van der Waals surface area contributed by atoms with Crippen molar-refractivity contribution in [2.24, 2.45) is 0 Å². The molecule has 0 saturated heterocycles. The fourth-order valence-corrected chi connectivity index (χ4v) is 1.62. The van der Waals surface area contributed by atoms with Gasteiger partial charge in [0.1, 0.15) is 5.78 Å². The van der Waals surface area contributed by atoms with Gasteiger partial charge in [0.05, 0.1) is 0 Å². The Bertz CT molecular complexity index is 242. The Morgan fingerprint density at radius 2 is 2.38 bits per heavy atom.